The SMILES string of the molecule is N#Cc1cccc(-c2ccc(C[C@@H](N)NC(=O)[C@@H]3CCN3)cc2)c1. The summed E-state index contributed by atoms with van der Waals surface area (Å²) in [6.07, 6.45) is 1.05. The molecule has 1 fully saturated rings. The van der Waals surface area contributed by atoms with Crippen molar-refractivity contribution < 1.29 is 4.79 Å². The summed E-state index contributed by atoms with van der Waals surface area (Å²) < 4.78 is 0. The molecule has 0 radical (unpaired) electrons. The van der Waals surface area contributed by atoms with Crippen molar-refractivity contribution in [3.63, 3.8) is 0 Å². The van der Waals surface area contributed by atoms with Gasteiger partial charge >= 0.3 is 0 Å². The Kier molecular flexibility index (Phi) is 4.90. The standard InChI is InChI=1S/C19H20N4O/c20-12-14-2-1-3-16(10-14)15-6-4-13(5-7-15)11-18(21)23-19(24)17-8-9-22-17/h1-7,10,17-18,22H,8-9,11,21H2,(H,23,24)/t17-,18-/m0/s1. The lowest BCUT2D eigenvalue weighted by Crippen LogP contribution is -2.57. The number of hydrogen-bond acceptors (Lipinski definition) is 4. The molecular formula is C19H20N4O. The minimum absolute atomic E-state index is 0.0290. The number of rotatable bonds is 5. The van der Waals surface area contributed by atoms with Crippen LogP contribution >= 0.6 is 0 Å². The molecule has 0 unspecified atom stereocenters. The summed E-state index contributed by atoms with van der Waals surface area (Å²) in [6.45, 7) is 0.891. The normalized spacial score (nSPS) is 17.4. The molecular weight excluding hydrogens is 300 g/mol. The highest BCUT2D eigenvalue weighted by molar-refractivity contribution is 5.82. The smallest absolute Gasteiger partial charge is 0.238 e. The van der Waals surface area contributed by atoms with Crippen LogP contribution in [0.25, 0.3) is 11.1 Å². The quantitative estimate of drug-likeness (QED) is 0.729. The Morgan fingerprint density at radius 1 is 1.29 bits per heavy atom. The third kappa shape index (κ3) is 3.80. The molecule has 2 atom stereocenters. The van der Waals surface area contributed by atoms with Crippen molar-refractivity contribution in [3.8, 4) is 17.2 Å². The fraction of sp³-hybridized carbons (Fsp3) is 0.263. The lowest BCUT2D eigenvalue weighted by Gasteiger charge is -2.27. The molecule has 0 spiro atoms. The van der Waals surface area contributed by atoms with Gasteiger partial charge in [-0.3, -0.25) is 4.79 Å². The van der Waals surface area contributed by atoms with Crippen LogP contribution in [-0.2, 0) is 11.2 Å². The van der Waals surface area contributed by atoms with Crippen molar-refractivity contribution in [2.45, 2.75) is 25.0 Å². The van der Waals surface area contributed by atoms with E-state index in [2.05, 4.69) is 16.7 Å². The van der Waals surface area contributed by atoms with E-state index in [9.17, 15) is 4.79 Å². The molecule has 5 nitrogen and oxygen atoms in total. The predicted octanol–water partition coefficient (Wildman–Crippen LogP) is 1.53. The van der Waals surface area contributed by atoms with E-state index in [1.807, 2.05) is 42.5 Å². The van der Waals surface area contributed by atoms with Crippen molar-refractivity contribution in [2.75, 3.05) is 6.54 Å². The van der Waals surface area contributed by atoms with Crippen LogP contribution < -0.4 is 16.4 Å². The molecule has 4 N–H and O–H groups in total. The lowest BCUT2D eigenvalue weighted by molar-refractivity contribution is -0.125. The monoisotopic (exact) mass is 320 g/mol. The summed E-state index contributed by atoms with van der Waals surface area (Å²) in [5.41, 5.74) is 9.78. The number of nitrogens with two attached hydrogens (primary N) is 1. The second-order valence-electron chi connectivity index (χ2n) is 6.00. The van der Waals surface area contributed by atoms with Gasteiger partial charge in [0.1, 0.15) is 0 Å². The van der Waals surface area contributed by atoms with E-state index in [1.165, 1.54) is 0 Å². The molecule has 5 heteroatoms. The second-order valence-corrected chi connectivity index (χ2v) is 6.00. The summed E-state index contributed by atoms with van der Waals surface area (Å²) in [5, 5.41) is 14.9. The second kappa shape index (κ2) is 7.26. The first-order valence-corrected chi connectivity index (χ1v) is 8.04. The average Bonchev–Trinajstić information content (AvgIpc) is 2.53. The Morgan fingerprint density at radius 2 is 2.04 bits per heavy atom. The number of nitrogens with one attached hydrogen (secondary N) is 2. The van der Waals surface area contributed by atoms with Crippen molar-refractivity contribution in [3.05, 3.63) is 59.7 Å². The highest BCUT2D eigenvalue weighted by Crippen LogP contribution is 2.21. The number of benzene rings is 2. The van der Waals surface area contributed by atoms with Gasteiger partial charge in [0, 0.05) is 6.42 Å². The van der Waals surface area contributed by atoms with Crippen LogP contribution in [0.15, 0.2) is 48.5 Å². The van der Waals surface area contributed by atoms with E-state index < -0.39 is 6.17 Å². The first kappa shape index (κ1) is 16.2. The van der Waals surface area contributed by atoms with Crippen molar-refractivity contribution in [1.82, 2.24) is 10.6 Å². The molecule has 1 heterocycles. The van der Waals surface area contributed by atoms with Crippen LogP contribution in [0.4, 0.5) is 0 Å². The van der Waals surface area contributed by atoms with Gasteiger partial charge in [0.05, 0.1) is 23.8 Å². The fourth-order valence-electron chi connectivity index (χ4n) is 2.70. The molecule has 0 aliphatic carbocycles. The highest BCUT2D eigenvalue weighted by Gasteiger charge is 2.25. The van der Waals surface area contributed by atoms with Crippen LogP contribution in [-0.4, -0.2) is 24.7 Å². The molecule has 122 valence electrons. The Morgan fingerprint density at radius 3 is 2.67 bits per heavy atom. The Labute approximate surface area is 141 Å². The molecule has 1 aliphatic heterocycles. The molecule has 1 saturated heterocycles. The Balaban J connectivity index is 1.61. The summed E-state index contributed by atoms with van der Waals surface area (Å²) in [6, 6.07) is 17.6. The molecule has 1 amide bonds. The highest BCUT2D eigenvalue weighted by atomic mass is 16.2. The molecule has 0 bridgehead atoms. The summed E-state index contributed by atoms with van der Waals surface area (Å²) >= 11 is 0. The topological polar surface area (TPSA) is 90.9 Å². The molecule has 3 rings (SSSR count). The maximum atomic E-state index is 11.8. The minimum Gasteiger partial charge on any atom is -0.339 e. The van der Waals surface area contributed by atoms with E-state index in [4.69, 9.17) is 11.0 Å². The molecule has 2 aromatic carbocycles. The van der Waals surface area contributed by atoms with Gasteiger partial charge in [-0.15, -0.1) is 0 Å². The maximum Gasteiger partial charge on any atom is 0.238 e. The molecule has 24 heavy (non-hydrogen) atoms. The number of nitrogens with zero attached hydrogens (tertiary/aromatic N) is 1. The largest absolute Gasteiger partial charge is 0.339 e. The number of carbonyl (C=O) groups excluding carboxylic acids is 1. The molecule has 0 saturated carbocycles. The molecule has 0 aromatic heterocycles. The summed E-state index contributed by atoms with van der Waals surface area (Å²) in [4.78, 5) is 11.8. The summed E-state index contributed by atoms with van der Waals surface area (Å²) in [5.74, 6) is -0.0290. The van der Waals surface area contributed by atoms with Crippen LogP contribution in [0.5, 0.6) is 0 Å². The average molecular weight is 320 g/mol. The van der Waals surface area contributed by atoms with Gasteiger partial charge < -0.3 is 16.4 Å². The minimum atomic E-state index is -0.396. The summed E-state index contributed by atoms with van der Waals surface area (Å²) in [7, 11) is 0. The van der Waals surface area contributed by atoms with E-state index in [0.717, 1.165) is 29.7 Å². The van der Waals surface area contributed by atoms with E-state index in [0.29, 0.717) is 12.0 Å². The van der Waals surface area contributed by atoms with Gasteiger partial charge in [0.15, 0.2) is 0 Å². The van der Waals surface area contributed by atoms with Crippen molar-refractivity contribution in [1.29, 1.82) is 5.26 Å². The van der Waals surface area contributed by atoms with E-state index in [-0.39, 0.29) is 11.9 Å². The Hall–Kier alpha value is -2.68. The predicted molar refractivity (Wildman–Crippen MR) is 92.8 cm³/mol. The first-order valence-electron chi connectivity index (χ1n) is 8.04. The number of amides is 1. The fourth-order valence-corrected chi connectivity index (χ4v) is 2.70. The van der Waals surface area contributed by atoms with Gasteiger partial charge in [-0.05, 0) is 41.8 Å². The third-order valence-corrected chi connectivity index (χ3v) is 4.20. The zero-order valence-corrected chi connectivity index (χ0v) is 13.3. The van der Waals surface area contributed by atoms with E-state index >= 15 is 0 Å². The molecule has 2 aromatic rings. The third-order valence-electron chi connectivity index (χ3n) is 4.20. The van der Waals surface area contributed by atoms with Gasteiger partial charge in [-0.1, -0.05) is 36.4 Å². The lowest BCUT2D eigenvalue weighted by atomic mass is 10.0. The van der Waals surface area contributed by atoms with Crippen LogP contribution in [0.3, 0.4) is 0 Å². The van der Waals surface area contributed by atoms with Crippen LogP contribution in [0, 0.1) is 11.3 Å². The van der Waals surface area contributed by atoms with Gasteiger partial charge in [-0.25, -0.2) is 0 Å². The van der Waals surface area contributed by atoms with Gasteiger partial charge in [-0.2, -0.15) is 5.26 Å². The zero-order valence-electron chi connectivity index (χ0n) is 13.3. The maximum absolute atomic E-state index is 11.8. The van der Waals surface area contributed by atoms with Crippen LogP contribution in [0.1, 0.15) is 17.5 Å². The van der Waals surface area contributed by atoms with Crippen molar-refractivity contribution in [2.24, 2.45) is 5.73 Å². The van der Waals surface area contributed by atoms with Crippen molar-refractivity contribution >= 4 is 5.91 Å². The van der Waals surface area contributed by atoms with Gasteiger partial charge in [0.2, 0.25) is 5.91 Å². The first-order chi connectivity index (χ1) is 11.7. The molecule has 1 aliphatic rings. The number of nitriles is 1. The van der Waals surface area contributed by atoms with Gasteiger partial charge in [0.25, 0.3) is 0 Å². The number of carbonyl (C=O) groups is 1. The van der Waals surface area contributed by atoms with E-state index in [1.54, 1.807) is 6.07 Å². The Bertz CT molecular complexity index is 760. The van der Waals surface area contributed by atoms with Crippen LogP contribution in [0.2, 0.25) is 0 Å². The zero-order chi connectivity index (χ0) is 16.9. The number of hydrogen-bond donors (Lipinski definition) is 3.